The van der Waals surface area contributed by atoms with E-state index in [-0.39, 0.29) is 11.7 Å². The average Bonchev–Trinajstić information content (AvgIpc) is 2.89. The fraction of sp³-hybridized carbons (Fsp3) is 0.222. The van der Waals surface area contributed by atoms with E-state index in [1.54, 1.807) is 23.1 Å². The number of urea groups is 1. The SMILES string of the molecule is Cc1cccc(NC(=O)NC2CCN(c3ccc(F)cc3)C2=O)c1. The number of rotatable bonds is 3. The van der Waals surface area contributed by atoms with Crippen molar-refractivity contribution < 1.29 is 14.0 Å². The van der Waals surface area contributed by atoms with Crippen LogP contribution in [0.2, 0.25) is 0 Å². The number of carbonyl (C=O) groups excluding carboxylic acids is 2. The molecule has 0 spiro atoms. The molecule has 0 saturated carbocycles. The number of nitrogens with zero attached hydrogens (tertiary/aromatic N) is 1. The normalized spacial score (nSPS) is 17.0. The number of aryl methyl sites for hydroxylation is 1. The molecule has 24 heavy (non-hydrogen) atoms. The van der Waals surface area contributed by atoms with E-state index in [2.05, 4.69) is 10.6 Å². The van der Waals surface area contributed by atoms with Crippen molar-refractivity contribution in [3.05, 3.63) is 59.9 Å². The lowest BCUT2D eigenvalue weighted by molar-refractivity contribution is -0.118. The van der Waals surface area contributed by atoms with Gasteiger partial charge in [0.1, 0.15) is 11.9 Å². The first-order chi connectivity index (χ1) is 11.5. The average molecular weight is 327 g/mol. The van der Waals surface area contributed by atoms with E-state index >= 15 is 0 Å². The van der Waals surface area contributed by atoms with Gasteiger partial charge in [-0.15, -0.1) is 0 Å². The maximum Gasteiger partial charge on any atom is 0.319 e. The highest BCUT2D eigenvalue weighted by atomic mass is 19.1. The van der Waals surface area contributed by atoms with Crippen molar-refractivity contribution in [3.63, 3.8) is 0 Å². The Bertz CT molecular complexity index is 761. The molecule has 1 fully saturated rings. The molecule has 1 heterocycles. The van der Waals surface area contributed by atoms with Crippen LogP contribution in [-0.4, -0.2) is 24.5 Å². The molecule has 1 aliphatic rings. The maximum atomic E-state index is 13.0. The third-order valence-corrected chi connectivity index (χ3v) is 3.93. The number of amides is 3. The lowest BCUT2D eigenvalue weighted by Gasteiger charge is -2.17. The number of anilines is 2. The quantitative estimate of drug-likeness (QED) is 0.910. The van der Waals surface area contributed by atoms with Crippen molar-refractivity contribution in [3.8, 4) is 0 Å². The third-order valence-electron chi connectivity index (χ3n) is 3.93. The molecule has 1 atom stereocenters. The molecule has 0 radical (unpaired) electrons. The second-order valence-corrected chi connectivity index (χ2v) is 5.78. The predicted molar refractivity (Wildman–Crippen MR) is 90.5 cm³/mol. The molecular formula is C18H18FN3O2. The Balaban J connectivity index is 1.61. The Labute approximate surface area is 139 Å². The van der Waals surface area contributed by atoms with E-state index in [0.29, 0.717) is 24.3 Å². The Kier molecular flexibility index (Phi) is 4.46. The van der Waals surface area contributed by atoms with Gasteiger partial charge in [-0.1, -0.05) is 12.1 Å². The minimum atomic E-state index is -0.583. The number of halogens is 1. The second kappa shape index (κ2) is 6.70. The van der Waals surface area contributed by atoms with E-state index in [4.69, 9.17) is 0 Å². The highest BCUT2D eigenvalue weighted by Gasteiger charge is 2.33. The maximum absolute atomic E-state index is 13.0. The molecule has 3 rings (SSSR count). The molecule has 1 saturated heterocycles. The summed E-state index contributed by atoms with van der Waals surface area (Å²) in [6.45, 7) is 2.42. The van der Waals surface area contributed by atoms with Gasteiger partial charge in [-0.3, -0.25) is 4.79 Å². The molecule has 6 heteroatoms. The van der Waals surface area contributed by atoms with Gasteiger partial charge >= 0.3 is 6.03 Å². The van der Waals surface area contributed by atoms with Crippen LogP contribution < -0.4 is 15.5 Å². The summed E-state index contributed by atoms with van der Waals surface area (Å²) in [5, 5.41) is 5.41. The molecule has 0 bridgehead atoms. The Morgan fingerprint density at radius 1 is 1.21 bits per heavy atom. The summed E-state index contributed by atoms with van der Waals surface area (Å²) in [6, 6.07) is 12.2. The van der Waals surface area contributed by atoms with Crippen molar-refractivity contribution in [2.45, 2.75) is 19.4 Å². The van der Waals surface area contributed by atoms with Gasteiger partial charge in [0, 0.05) is 17.9 Å². The minimum absolute atomic E-state index is 0.194. The zero-order valence-electron chi connectivity index (χ0n) is 13.3. The van der Waals surface area contributed by atoms with Crippen LogP contribution in [0.4, 0.5) is 20.6 Å². The van der Waals surface area contributed by atoms with E-state index < -0.39 is 12.1 Å². The van der Waals surface area contributed by atoms with E-state index in [0.717, 1.165) is 5.56 Å². The lowest BCUT2D eigenvalue weighted by Crippen LogP contribution is -2.43. The number of hydrogen-bond donors (Lipinski definition) is 2. The molecule has 2 aromatic carbocycles. The summed E-state index contributed by atoms with van der Waals surface area (Å²) < 4.78 is 13.0. The Morgan fingerprint density at radius 3 is 2.67 bits per heavy atom. The molecule has 5 nitrogen and oxygen atoms in total. The van der Waals surface area contributed by atoms with Crippen LogP contribution in [0.3, 0.4) is 0 Å². The van der Waals surface area contributed by atoms with Crippen molar-refractivity contribution in [2.75, 3.05) is 16.8 Å². The summed E-state index contributed by atoms with van der Waals surface area (Å²) in [5.74, 6) is -0.543. The Morgan fingerprint density at radius 2 is 1.96 bits per heavy atom. The third kappa shape index (κ3) is 3.53. The van der Waals surface area contributed by atoms with Gasteiger partial charge in [0.25, 0.3) is 0 Å². The van der Waals surface area contributed by atoms with E-state index in [1.807, 2.05) is 25.1 Å². The number of benzene rings is 2. The van der Waals surface area contributed by atoms with Crippen molar-refractivity contribution >= 4 is 23.3 Å². The molecular weight excluding hydrogens is 309 g/mol. The van der Waals surface area contributed by atoms with Crippen molar-refractivity contribution in [2.24, 2.45) is 0 Å². The van der Waals surface area contributed by atoms with Crippen molar-refractivity contribution in [1.82, 2.24) is 5.32 Å². The molecule has 124 valence electrons. The summed E-state index contributed by atoms with van der Waals surface area (Å²) in [5.41, 5.74) is 2.34. The van der Waals surface area contributed by atoms with E-state index in [9.17, 15) is 14.0 Å². The van der Waals surface area contributed by atoms with Crippen molar-refractivity contribution in [1.29, 1.82) is 0 Å². The highest BCUT2D eigenvalue weighted by Crippen LogP contribution is 2.22. The first kappa shape index (κ1) is 16.0. The van der Waals surface area contributed by atoms with Crippen LogP contribution in [0.15, 0.2) is 48.5 Å². The standard InChI is InChI=1S/C18H18FN3O2/c1-12-3-2-4-14(11-12)20-18(24)21-16-9-10-22(17(16)23)15-7-5-13(19)6-8-15/h2-8,11,16H,9-10H2,1H3,(H2,20,21,24). The van der Waals surface area contributed by atoms with Crippen LogP contribution in [0.25, 0.3) is 0 Å². The molecule has 2 aromatic rings. The van der Waals surface area contributed by atoms with Gasteiger partial charge in [-0.25, -0.2) is 9.18 Å². The van der Waals surface area contributed by atoms with E-state index in [1.165, 1.54) is 12.1 Å². The summed E-state index contributed by atoms with van der Waals surface area (Å²) in [7, 11) is 0. The molecule has 1 aliphatic heterocycles. The van der Waals surface area contributed by atoms with Gasteiger partial charge in [-0.2, -0.15) is 0 Å². The van der Waals surface area contributed by atoms with Crippen LogP contribution in [0.1, 0.15) is 12.0 Å². The number of carbonyl (C=O) groups is 2. The second-order valence-electron chi connectivity index (χ2n) is 5.78. The molecule has 1 unspecified atom stereocenters. The Hall–Kier alpha value is -2.89. The van der Waals surface area contributed by atoms with Gasteiger partial charge < -0.3 is 15.5 Å². The largest absolute Gasteiger partial charge is 0.326 e. The lowest BCUT2D eigenvalue weighted by atomic mass is 10.2. The zero-order valence-corrected chi connectivity index (χ0v) is 13.3. The highest BCUT2D eigenvalue weighted by molar-refractivity contribution is 6.02. The van der Waals surface area contributed by atoms with Gasteiger partial charge in [0.15, 0.2) is 0 Å². The van der Waals surface area contributed by atoms with Crippen LogP contribution in [0.5, 0.6) is 0 Å². The minimum Gasteiger partial charge on any atom is -0.326 e. The van der Waals surface area contributed by atoms with Crippen LogP contribution in [-0.2, 0) is 4.79 Å². The fourth-order valence-corrected chi connectivity index (χ4v) is 2.74. The molecule has 0 aliphatic carbocycles. The predicted octanol–water partition coefficient (Wildman–Crippen LogP) is 3.06. The van der Waals surface area contributed by atoms with Crippen LogP contribution >= 0.6 is 0 Å². The summed E-state index contributed by atoms with van der Waals surface area (Å²) >= 11 is 0. The zero-order chi connectivity index (χ0) is 17.1. The number of nitrogens with one attached hydrogen (secondary N) is 2. The van der Waals surface area contributed by atoms with Gasteiger partial charge in [0.2, 0.25) is 5.91 Å². The molecule has 3 amide bonds. The molecule has 0 aromatic heterocycles. The summed E-state index contributed by atoms with van der Waals surface area (Å²) in [6.07, 6.45) is 0.511. The first-order valence-corrected chi connectivity index (χ1v) is 7.74. The first-order valence-electron chi connectivity index (χ1n) is 7.74. The topological polar surface area (TPSA) is 61.4 Å². The van der Waals surface area contributed by atoms with Gasteiger partial charge in [-0.05, 0) is 55.3 Å². The smallest absolute Gasteiger partial charge is 0.319 e. The summed E-state index contributed by atoms with van der Waals surface area (Å²) in [4.78, 5) is 26.0. The monoisotopic (exact) mass is 327 g/mol. The van der Waals surface area contributed by atoms with Crippen LogP contribution in [0, 0.1) is 12.7 Å². The molecule has 2 N–H and O–H groups in total. The number of hydrogen-bond acceptors (Lipinski definition) is 2. The fourth-order valence-electron chi connectivity index (χ4n) is 2.74. The van der Waals surface area contributed by atoms with Gasteiger partial charge in [0.05, 0.1) is 0 Å².